The van der Waals surface area contributed by atoms with Crippen molar-refractivity contribution in [1.29, 1.82) is 0 Å². The van der Waals surface area contributed by atoms with Crippen molar-refractivity contribution >= 4 is 33.2 Å². The molecule has 0 unspecified atom stereocenters. The molecule has 46 heavy (non-hydrogen) atoms. The second-order valence-electron chi connectivity index (χ2n) is 10.8. The van der Waals surface area contributed by atoms with Crippen LogP contribution in [0, 0.1) is 15.9 Å². The Morgan fingerprint density at radius 3 is 2.13 bits per heavy atom. The molecular weight excluding hydrogens is 611 g/mol. The van der Waals surface area contributed by atoms with E-state index in [4.69, 9.17) is 0 Å². The molecule has 2 amide bonds. The molecule has 4 aromatic rings. The van der Waals surface area contributed by atoms with Gasteiger partial charge in [-0.3, -0.25) is 24.0 Å². The van der Waals surface area contributed by atoms with Gasteiger partial charge in [0.2, 0.25) is 11.8 Å². The van der Waals surface area contributed by atoms with Crippen LogP contribution in [0.15, 0.2) is 114 Å². The van der Waals surface area contributed by atoms with Crippen LogP contribution in [0.5, 0.6) is 0 Å². The Balaban J connectivity index is 1.83. The molecule has 0 fully saturated rings. The molecule has 0 aromatic heterocycles. The molecule has 12 heteroatoms. The van der Waals surface area contributed by atoms with Gasteiger partial charge < -0.3 is 10.2 Å². The van der Waals surface area contributed by atoms with Gasteiger partial charge >= 0.3 is 0 Å². The Hall–Kier alpha value is -5.10. The number of benzene rings is 4. The van der Waals surface area contributed by atoms with E-state index in [0.29, 0.717) is 12.0 Å². The molecule has 10 nitrogen and oxygen atoms in total. The van der Waals surface area contributed by atoms with Crippen LogP contribution in [0.1, 0.15) is 31.4 Å². The van der Waals surface area contributed by atoms with Crippen LogP contribution < -0.4 is 9.62 Å². The maximum atomic E-state index is 14.4. The predicted molar refractivity (Wildman–Crippen MR) is 173 cm³/mol. The van der Waals surface area contributed by atoms with Crippen molar-refractivity contribution in [2.24, 2.45) is 0 Å². The van der Waals surface area contributed by atoms with Crippen molar-refractivity contribution < 1.29 is 27.3 Å². The Morgan fingerprint density at radius 2 is 1.52 bits per heavy atom. The van der Waals surface area contributed by atoms with Gasteiger partial charge in [0.1, 0.15) is 18.4 Å². The Kier molecular flexibility index (Phi) is 11.2. The van der Waals surface area contributed by atoms with E-state index in [1.165, 1.54) is 71.6 Å². The van der Waals surface area contributed by atoms with Crippen molar-refractivity contribution in [3.8, 4) is 0 Å². The average molecular weight is 647 g/mol. The molecule has 0 aliphatic heterocycles. The first-order valence-corrected chi connectivity index (χ1v) is 16.1. The number of carbonyl (C=O) groups is 2. The molecular formula is C34H35FN4O6S. The quantitative estimate of drug-likeness (QED) is 0.143. The molecule has 240 valence electrons. The van der Waals surface area contributed by atoms with Crippen molar-refractivity contribution in [1.82, 2.24) is 10.2 Å². The maximum absolute atomic E-state index is 14.4. The number of halogens is 1. The normalized spacial score (nSPS) is 12.5. The topological polar surface area (TPSA) is 130 Å². The molecule has 0 aliphatic rings. The SMILES string of the molecule is CC[C@@H](C)NC(=O)[C@H](Cc1ccccc1)N(Cc1ccc(F)cc1)C(=O)CN(c1cccc([N+](=O)[O-])c1)S(=O)(=O)c1ccccc1. The van der Waals surface area contributed by atoms with Crippen molar-refractivity contribution in [3.05, 3.63) is 136 Å². The summed E-state index contributed by atoms with van der Waals surface area (Å²) >= 11 is 0. The minimum Gasteiger partial charge on any atom is -0.352 e. The lowest BCUT2D eigenvalue weighted by Crippen LogP contribution is -2.54. The van der Waals surface area contributed by atoms with Crippen LogP contribution >= 0.6 is 0 Å². The van der Waals surface area contributed by atoms with Crippen molar-refractivity contribution in [2.75, 3.05) is 10.8 Å². The number of nitrogens with zero attached hydrogens (tertiary/aromatic N) is 3. The summed E-state index contributed by atoms with van der Waals surface area (Å²) in [5, 5.41) is 14.5. The molecule has 4 rings (SSSR count). The van der Waals surface area contributed by atoms with Crippen molar-refractivity contribution in [3.63, 3.8) is 0 Å². The predicted octanol–water partition coefficient (Wildman–Crippen LogP) is 5.48. The summed E-state index contributed by atoms with van der Waals surface area (Å²) in [6, 6.07) is 25.6. The number of amides is 2. The fourth-order valence-corrected chi connectivity index (χ4v) is 6.22. The largest absolute Gasteiger partial charge is 0.352 e. The minimum absolute atomic E-state index is 0.100. The lowest BCUT2D eigenvalue weighted by Gasteiger charge is -2.34. The van der Waals surface area contributed by atoms with Gasteiger partial charge in [0.25, 0.3) is 15.7 Å². The van der Waals surface area contributed by atoms with E-state index >= 15 is 0 Å². The van der Waals surface area contributed by atoms with Crippen LogP contribution in [-0.2, 0) is 32.6 Å². The molecule has 0 aliphatic carbocycles. The highest BCUT2D eigenvalue weighted by Crippen LogP contribution is 2.28. The zero-order valence-corrected chi connectivity index (χ0v) is 26.3. The van der Waals surface area contributed by atoms with E-state index in [9.17, 15) is 32.5 Å². The summed E-state index contributed by atoms with van der Waals surface area (Å²) < 4.78 is 42.6. The summed E-state index contributed by atoms with van der Waals surface area (Å²) in [5.74, 6) is -1.67. The van der Waals surface area contributed by atoms with Crippen molar-refractivity contribution in [2.45, 2.75) is 50.2 Å². The highest BCUT2D eigenvalue weighted by molar-refractivity contribution is 7.92. The van der Waals surface area contributed by atoms with Gasteiger partial charge in [-0.2, -0.15) is 0 Å². The second kappa shape index (κ2) is 15.3. The molecule has 0 radical (unpaired) electrons. The number of carbonyl (C=O) groups excluding carboxylic acids is 2. The number of hydrogen-bond acceptors (Lipinski definition) is 6. The summed E-state index contributed by atoms with van der Waals surface area (Å²) in [5.41, 5.74) is 0.807. The zero-order valence-electron chi connectivity index (χ0n) is 25.5. The van der Waals surface area contributed by atoms with Gasteiger partial charge in [0, 0.05) is 31.1 Å². The van der Waals surface area contributed by atoms with E-state index in [1.54, 1.807) is 6.07 Å². The molecule has 0 spiro atoms. The zero-order chi connectivity index (χ0) is 33.3. The molecule has 0 bridgehead atoms. The number of nitro benzene ring substituents is 1. The van der Waals surface area contributed by atoms with Crippen LogP contribution in [-0.4, -0.2) is 48.7 Å². The van der Waals surface area contributed by atoms with Crippen LogP contribution in [0.3, 0.4) is 0 Å². The van der Waals surface area contributed by atoms with E-state index < -0.39 is 45.2 Å². The molecule has 4 aromatic carbocycles. The van der Waals surface area contributed by atoms with E-state index in [1.807, 2.05) is 44.2 Å². The third-order valence-electron chi connectivity index (χ3n) is 7.48. The maximum Gasteiger partial charge on any atom is 0.271 e. The summed E-state index contributed by atoms with van der Waals surface area (Å²) in [7, 11) is -4.42. The Bertz CT molecular complexity index is 1760. The molecule has 1 N–H and O–H groups in total. The number of sulfonamides is 1. The highest BCUT2D eigenvalue weighted by atomic mass is 32.2. The van der Waals surface area contributed by atoms with Gasteiger partial charge in [0.05, 0.1) is 15.5 Å². The molecule has 0 heterocycles. The minimum atomic E-state index is -4.42. The van der Waals surface area contributed by atoms with E-state index in [-0.39, 0.29) is 35.3 Å². The third-order valence-corrected chi connectivity index (χ3v) is 9.26. The first-order valence-electron chi connectivity index (χ1n) is 14.7. The van der Waals surface area contributed by atoms with E-state index in [0.717, 1.165) is 15.9 Å². The van der Waals surface area contributed by atoms with Crippen LogP contribution in [0.25, 0.3) is 0 Å². The fraction of sp³-hybridized carbons (Fsp3) is 0.235. The lowest BCUT2D eigenvalue weighted by atomic mass is 10.0. The number of non-ortho nitro benzene ring substituents is 1. The number of nitro groups is 1. The van der Waals surface area contributed by atoms with Gasteiger partial charge in [0.15, 0.2) is 0 Å². The highest BCUT2D eigenvalue weighted by Gasteiger charge is 2.35. The standard InChI is InChI=1S/C34H35FN4O6S/c1-3-25(2)36-34(41)32(21-26-11-6-4-7-12-26)37(23-27-17-19-28(35)20-18-27)33(40)24-38(29-13-10-14-30(22-29)39(42)43)46(44,45)31-15-8-5-9-16-31/h4-20,22,25,32H,3,21,23-24H2,1-2H3,(H,36,41)/t25-,32+/m1/s1. The van der Waals surface area contributed by atoms with Gasteiger partial charge in [-0.15, -0.1) is 0 Å². The molecule has 0 saturated heterocycles. The number of nitrogens with one attached hydrogen (secondary N) is 1. The van der Waals surface area contributed by atoms with Crippen LogP contribution in [0.2, 0.25) is 0 Å². The summed E-state index contributed by atoms with van der Waals surface area (Å²) in [6.07, 6.45) is 0.740. The second-order valence-corrected chi connectivity index (χ2v) is 12.6. The Morgan fingerprint density at radius 1 is 0.891 bits per heavy atom. The van der Waals surface area contributed by atoms with Gasteiger partial charge in [-0.25, -0.2) is 12.8 Å². The van der Waals surface area contributed by atoms with E-state index in [2.05, 4.69) is 5.32 Å². The lowest BCUT2D eigenvalue weighted by molar-refractivity contribution is -0.384. The number of hydrogen-bond donors (Lipinski definition) is 1. The summed E-state index contributed by atoms with van der Waals surface area (Å²) in [4.78, 5) is 40.3. The number of rotatable bonds is 14. The molecule has 2 atom stereocenters. The Labute approximate surface area is 267 Å². The van der Waals surface area contributed by atoms with Gasteiger partial charge in [-0.1, -0.05) is 73.7 Å². The average Bonchev–Trinajstić information content (AvgIpc) is 3.06. The third kappa shape index (κ3) is 8.54. The number of anilines is 1. The summed E-state index contributed by atoms with van der Waals surface area (Å²) in [6.45, 7) is 2.82. The first kappa shape index (κ1) is 33.8. The van der Waals surface area contributed by atoms with Crippen LogP contribution in [0.4, 0.5) is 15.8 Å². The van der Waals surface area contributed by atoms with Gasteiger partial charge in [-0.05, 0) is 54.8 Å². The monoisotopic (exact) mass is 646 g/mol. The molecule has 0 saturated carbocycles. The smallest absolute Gasteiger partial charge is 0.271 e. The first-order chi connectivity index (χ1) is 22.0. The fourth-order valence-electron chi connectivity index (χ4n) is 4.79.